The number of hydrogen-bond acceptors (Lipinski definition) is 4. The first-order valence-electron chi connectivity index (χ1n) is 8.09. The Morgan fingerprint density at radius 1 is 1.15 bits per heavy atom. The quantitative estimate of drug-likeness (QED) is 0.587. The van der Waals surface area contributed by atoms with E-state index in [9.17, 15) is 9.59 Å². The Balaban J connectivity index is 1.77. The largest absolute Gasteiger partial charge is 0.465 e. The molecule has 1 aliphatic heterocycles. The molecule has 4 heteroatoms. The summed E-state index contributed by atoms with van der Waals surface area (Å²) in [7, 11) is 0. The van der Waals surface area contributed by atoms with Gasteiger partial charge in [0, 0.05) is 12.0 Å². The van der Waals surface area contributed by atoms with Crippen LogP contribution in [0.3, 0.4) is 0 Å². The highest BCUT2D eigenvalue weighted by molar-refractivity contribution is 6.05. The highest BCUT2D eigenvalue weighted by atomic mass is 16.5. The zero-order valence-corrected chi connectivity index (χ0v) is 12.5. The van der Waals surface area contributed by atoms with E-state index >= 15 is 0 Å². The van der Waals surface area contributed by atoms with E-state index in [1.54, 1.807) is 0 Å². The monoisotopic (exact) mass is 279 g/mol. The van der Waals surface area contributed by atoms with Gasteiger partial charge in [-0.3, -0.25) is 14.5 Å². The summed E-state index contributed by atoms with van der Waals surface area (Å²) < 4.78 is 5.18. The van der Waals surface area contributed by atoms with Crippen LogP contribution >= 0.6 is 0 Å². The zero-order chi connectivity index (χ0) is 14.2. The van der Waals surface area contributed by atoms with Gasteiger partial charge in [0.2, 0.25) is 0 Å². The Hall–Kier alpha value is -0.900. The molecule has 0 aromatic rings. The van der Waals surface area contributed by atoms with Gasteiger partial charge in [-0.25, -0.2) is 0 Å². The molecule has 4 fully saturated rings. The maximum absolute atomic E-state index is 12.6. The van der Waals surface area contributed by atoms with E-state index in [0.29, 0.717) is 25.9 Å². The Labute approximate surface area is 120 Å². The first kappa shape index (κ1) is 14.1. The van der Waals surface area contributed by atoms with E-state index < -0.39 is 5.41 Å². The van der Waals surface area contributed by atoms with Gasteiger partial charge >= 0.3 is 5.97 Å². The van der Waals surface area contributed by atoms with E-state index in [1.165, 1.54) is 19.3 Å². The molecule has 0 radical (unpaired) electrons. The average Bonchev–Trinajstić information content (AvgIpc) is 2.49. The van der Waals surface area contributed by atoms with Gasteiger partial charge in [0.15, 0.2) is 5.78 Å². The second-order valence-electron chi connectivity index (χ2n) is 6.67. The SMILES string of the molecule is CCOC(=O)C12CCC(N3CCCCC3)(CC1)CC2=O. The molecule has 0 unspecified atom stereocenters. The lowest BCUT2D eigenvalue weighted by atomic mass is 9.55. The molecule has 3 aliphatic carbocycles. The predicted molar refractivity (Wildman–Crippen MR) is 75.3 cm³/mol. The number of Topliss-reactive ketones (excluding diaryl/α,β-unsaturated/α-hetero) is 1. The summed E-state index contributed by atoms with van der Waals surface area (Å²) in [5.74, 6) is -0.129. The van der Waals surface area contributed by atoms with E-state index in [0.717, 1.165) is 25.9 Å². The van der Waals surface area contributed by atoms with Crippen LogP contribution in [0, 0.1) is 5.41 Å². The van der Waals surface area contributed by atoms with Crippen molar-refractivity contribution in [3.63, 3.8) is 0 Å². The molecule has 20 heavy (non-hydrogen) atoms. The number of ether oxygens (including phenoxy) is 1. The van der Waals surface area contributed by atoms with E-state index in [2.05, 4.69) is 4.90 Å². The summed E-state index contributed by atoms with van der Waals surface area (Å²) in [6.45, 7) is 4.42. The molecule has 2 bridgehead atoms. The molecule has 0 aromatic heterocycles. The maximum Gasteiger partial charge on any atom is 0.319 e. The summed E-state index contributed by atoms with van der Waals surface area (Å²) >= 11 is 0. The Morgan fingerprint density at radius 2 is 1.80 bits per heavy atom. The van der Waals surface area contributed by atoms with Crippen LogP contribution in [0.2, 0.25) is 0 Å². The third-order valence-electron chi connectivity index (χ3n) is 5.75. The van der Waals surface area contributed by atoms with E-state index in [1.807, 2.05) is 6.92 Å². The average molecular weight is 279 g/mol. The topological polar surface area (TPSA) is 46.6 Å². The van der Waals surface area contributed by atoms with Gasteiger partial charge in [0.05, 0.1) is 6.61 Å². The molecular weight excluding hydrogens is 254 g/mol. The molecule has 4 nitrogen and oxygen atoms in total. The number of hydrogen-bond donors (Lipinski definition) is 0. The normalized spacial score (nSPS) is 38.0. The molecule has 0 N–H and O–H groups in total. The van der Waals surface area contributed by atoms with Gasteiger partial charge in [-0.2, -0.15) is 0 Å². The molecule has 0 amide bonds. The number of carbonyl (C=O) groups excluding carboxylic acids is 2. The highest BCUT2D eigenvalue weighted by Crippen LogP contribution is 2.53. The first-order chi connectivity index (χ1) is 9.63. The van der Waals surface area contributed by atoms with Crippen LogP contribution in [-0.2, 0) is 14.3 Å². The smallest absolute Gasteiger partial charge is 0.319 e. The second kappa shape index (κ2) is 5.14. The minimum atomic E-state index is -0.798. The first-order valence-corrected chi connectivity index (χ1v) is 8.09. The minimum absolute atomic E-state index is 0.0613. The van der Waals surface area contributed by atoms with E-state index in [4.69, 9.17) is 4.74 Å². The number of esters is 1. The van der Waals surface area contributed by atoms with Gasteiger partial charge < -0.3 is 4.74 Å². The summed E-state index contributed by atoms with van der Waals surface area (Å²) in [5.41, 5.74) is -0.737. The number of fused-ring (bicyclic) bond motifs is 3. The Kier molecular flexibility index (Phi) is 3.61. The van der Waals surface area contributed by atoms with Crippen LogP contribution in [0.4, 0.5) is 0 Å². The lowest BCUT2D eigenvalue weighted by Gasteiger charge is -2.56. The number of ketones is 1. The summed E-state index contributed by atoms with van der Waals surface area (Å²) in [6.07, 6.45) is 7.73. The van der Waals surface area contributed by atoms with Gasteiger partial charge in [-0.05, 0) is 58.5 Å². The van der Waals surface area contributed by atoms with Crippen molar-refractivity contribution in [3.05, 3.63) is 0 Å². The fourth-order valence-electron chi connectivity index (χ4n) is 4.45. The number of piperidine rings is 1. The van der Waals surface area contributed by atoms with Crippen molar-refractivity contribution in [2.45, 2.75) is 63.8 Å². The molecule has 112 valence electrons. The minimum Gasteiger partial charge on any atom is -0.465 e. The van der Waals surface area contributed by atoms with Crippen molar-refractivity contribution in [2.75, 3.05) is 19.7 Å². The van der Waals surface area contributed by atoms with Crippen molar-refractivity contribution < 1.29 is 14.3 Å². The Morgan fingerprint density at radius 3 is 2.35 bits per heavy atom. The molecule has 0 aromatic carbocycles. The van der Waals surface area contributed by atoms with Gasteiger partial charge in [0.25, 0.3) is 0 Å². The van der Waals surface area contributed by atoms with Crippen LogP contribution in [0.25, 0.3) is 0 Å². The summed E-state index contributed by atoms with van der Waals surface area (Å²) in [4.78, 5) is 27.4. The van der Waals surface area contributed by atoms with Gasteiger partial charge in [0.1, 0.15) is 5.41 Å². The molecular formula is C16H25NO3. The standard InChI is InChI=1S/C16H25NO3/c1-2-20-14(19)16-8-6-15(7-9-16,12-13(16)18)17-10-4-3-5-11-17/h2-12H2,1H3. The Bertz CT molecular complexity index is 404. The number of likely N-dealkylation sites (tertiary alicyclic amines) is 1. The summed E-state index contributed by atoms with van der Waals surface area (Å²) in [6, 6.07) is 0. The van der Waals surface area contributed by atoms with Crippen LogP contribution < -0.4 is 0 Å². The lowest BCUT2D eigenvalue weighted by molar-refractivity contribution is -0.173. The number of carbonyl (C=O) groups is 2. The van der Waals surface area contributed by atoms with Crippen molar-refractivity contribution in [2.24, 2.45) is 5.41 Å². The molecule has 1 heterocycles. The van der Waals surface area contributed by atoms with Crippen LogP contribution in [0.15, 0.2) is 0 Å². The molecule has 0 spiro atoms. The van der Waals surface area contributed by atoms with Gasteiger partial charge in [-0.1, -0.05) is 6.42 Å². The molecule has 3 saturated carbocycles. The van der Waals surface area contributed by atoms with Crippen molar-refractivity contribution >= 4 is 11.8 Å². The number of nitrogens with zero attached hydrogens (tertiary/aromatic N) is 1. The molecule has 1 saturated heterocycles. The predicted octanol–water partition coefficient (Wildman–Crippen LogP) is 2.31. The fraction of sp³-hybridized carbons (Fsp3) is 0.875. The highest BCUT2D eigenvalue weighted by Gasteiger charge is 2.60. The van der Waals surface area contributed by atoms with Crippen molar-refractivity contribution in [3.8, 4) is 0 Å². The van der Waals surface area contributed by atoms with Crippen LogP contribution in [0.1, 0.15) is 58.3 Å². The maximum atomic E-state index is 12.6. The lowest BCUT2D eigenvalue weighted by Crippen LogP contribution is -2.63. The summed E-state index contributed by atoms with van der Waals surface area (Å²) in [5, 5.41) is 0. The van der Waals surface area contributed by atoms with Gasteiger partial charge in [-0.15, -0.1) is 0 Å². The van der Waals surface area contributed by atoms with Crippen LogP contribution in [-0.4, -0.2) is 41.9 Å². The van der Waals surface area contributed by atoms with E-state index in [-0.39, 0.29) is 17.3 Å². The molecule has 4 aliphatic rings. The molecule has 0 atom stereocenters. The zero-order valence-electron chi connectivity index (χ0n) is 12.5. The van der Waals surface area contributed by atoms with Crippen LogP contribution in [0.5, 0.6) is 0 Å². The van der Waals surface area contributed by atoms with Crippen molar-refractivity contribution in [1.82, 2.24) is 4.90 Å². The molecule has 4 rings (SSSR count). The fourth-order valence-corrected chi connectivity index (χ4v) is 4.45. The number of rotatable bonds is 3. The van der Waals surface area contributed by atoms with Crippen molar-refractivity contribution in [1.29, 1.82) is 0 Å². The third-order valence-corrected chi connectivity index (χ3v) is 5.75. The third kappa shape index (κ3) is 2.00. The second-order valence-corrected chi connectivity index (χ2v) is 6.67.